The zero-order valence-corrected chi connectivity index (χ0v) is 13.0. The second-order valence-corrected chi connectivity index (χ2v) is 5.96. The maximum atomic E-state index is 5.54. The van der Waals surface area contributed by atoms with Crippen LogP contribution < -0.4 is 10.1 Å². The van der Waals surface area contributed by atoms with Crippen LogP contribution in [0.2, 0.25) is 0 Å². The molecule has 110 valence electrons. The highest BCUT2D eigenvalue weighted by molar-refractivity contribution is 5.60. The van der Waals surface area contributed by atoms with Crippen LogP contribution in [-0.2, 0) is 0 Å². The third-order valence-corrected chi connectivity index (χ3v) is 4.37. The van der Waals surface area contributed by atoms with Gasteiger partial charge in [-0.05, 0) is 49.8 Å². The van der Waals surface area contributed by atoms with E-state index in [1.807, 2.05) is 0 Å². The number of nitrogens with one attached hydrogen (secondary N) is 1. The van der Waals surface area contributed by atoms with E-state index in [1.165, 1.54) is 35.2 Å². The van der Waals surface area contributed by atoms with Crippen LogP contribution in [0.15, 0.2) is 42.5 Å². The van der Waals surface area contributed by atoms with Crippen molar-refractivity contribution in [3.63, 3.8) is 0 Å². The molecule has 1 atom stereocenters. The lowest BCUT2D eigenvalue weighted by Crippen LogP contribution is -2.14. The van der Waals surface area contributed by atoms with E-state index in [2.05, 4.69) is 61.6 Å². The van der Waals surface area contributed by atoms with Crippen molar-refractivity contribution in [1.29, 1.82) is 0 Å². The van der Waals surface area contributed by atoms with Gasteiger partial charge in [0.2, 0.25) is 0 Å². The Labute approximate surface area is 127 Å². The van der Waals surface area contributed by atoms with Gasteiger partial charge in [-0.2, -0.15) is 0 Å². The number of benzene rings is 2. The maximum absolute atomic E-state index is 5.54. The molecule has 2 aromatic carbocycles. The van der Waals surface area contributed by atoms with Crippen LogP contribution in [0.25, 0.3) is 0 Å². The summed E-state index contributed by atoms with van der Waals surface area (Å²) in [5.41, 5.74) is 4.93. The van der Waals surface area contributed by atoms with Gasteiger partial charge in [-0.1, -0.05) is 36.4 Å². The van der Waals surface area contributed by atoms with Gasteiger partial charge in [0.15, 0.2) is 0 Å². The van der Waals surface area contributed by atoms with Crippen molar-refractivity contribution in [1.82, 2.24) is 0 Å². The summed E-state index contributed by atoms with van der Waals surface area (Å²) in [5.74, 6) is 1.74. The number of aryl methyl sites for hydroxylation is 1. The number of ether oxygens (including phenoxy) is 1. The van der Waals surface area contributed by atoms with Gasteiger partial charge < -0.3 is 10.1 Å². The average Bonchev–Trinajstić information content (AvgIpc) is 3.33. The molecule has 0 heterocycles. The van der Waals surface area contributed by atoms with Gasteiger partial charge >= 0.3 is 0 Å². The Morgan fingerprint density at radius 2 is 1.76 bits per heavy atom. The van der Waals surface area contributed by atoms with E-state index in [9.17, 15) is 0 Å². The minimum absolute atomic E-state index is 0.400. The monoisotopic (exact) mass is 281 g/mol. The fraction of sp³-hybridized carbons (Fsp3) is 0.368. The van der Waals surface area contributed by atoms with E-state index in [0.29, 0.717) is 6.04 Å². The summed E-state index contributed by atoms with van der Waals surface area (Å²) >= 11 is 0. The summed E-state index contributed by atoms with van der Waals surface area (Å²) in [4.78, 5) is 0. The standard InChI is InChI=1S/C19H23NO/c1-13-9-12-17(14(2)19(13)21-3)20-18(16-10-11-16)15-7-5-4-6-8-15/h4-9,12,16,18,20H,10-11H2,1-3H3. The number of methoxy groups -OCH3 is 1. The van der Waals surface area contributed by atoms with E-state index in [1.54, 1.807) is 7.11 Å². The van der Waals surface area contributed by atoms with Crippen molar-refractivity contribution < 1.29 is 4.74 Å². The molecule has 0 aliphatic heterocycles. The van der Waals surface area contributed by atoms with E-state index in [0.717, 1.165) is 11.7 Å². The molecule has 1 aliphatic rings. The van der Waals surface area contributed by atoms with Crippen molar-refractivity contribution in [3.8, 4) is 5.75 Å². The van der Waals surface area contributed by atoms with Gasteiger partial charge in [0.1, 0.15) is 5.75 Å². The molecule has 1 unspecified atom stereocenters. The van der Waals surface area contributed by atoms with Gasteiger partial charge in [0.25, 0.3) is 0 Å². The zero-order valence-electron chi connectivity index (χ0n) is 13.0. The largest absolute Gasteiger partial charge is 0.496 e. The summed E-state index contributed by atoms with van der Waals surface area (Å²) in [7, 11) is 1.74. The summed E-state index contributed by atoms with van der Waals surface area (Å²) in [6, 6.07) is 15.5. The number of hydrogen-bond acceptors (Lipinski definition) is 2. The molecule has 0 radical (unpaired) electrons. The van der Waals surface area contributed by atoms with Crippen molar-refractivity contribution in [2.24, 2.45) is 5.92 Å². The highest BCUT2D eigenvalue weighted by atomic mass is 16.5. The Morgan fingerprint density at radius 3 is 2.38 bits per heavy atom. The first-order valence-corrected chi connectivity index (χ1v) is 7.66. The highest BCUT2D eigenvalue weighted by Gasteiger charge is 2.32. The second kappa shape index (κ2) is 5.80. The molecule has 3 rings (SSSR count). The predicted molar refractivity (Wildman–Crippen MR) is 88.0 cm³/mol. The lowest BCUT2D eigenvalue weighted by molar-refractivity contribution is 0.408. The van der Waals surface area contributed by atoms with Crippen LogP contribution in [0.4, 0.5) is 5.69 Å². The van der Waals surface area contributed by atoms with Crippen LogP contribution in [0.3, 0.4) is 0 Å². The third kappa shape index (κ3) is 2.90. The van der Waals surface area contributed by atoms with Crippen molar-refractivity contribution in [2.45, 2.75) is 32.7 Å². The fourth-order valence-corrected chi connectivity index (χ4v) is 3.03. The normalized spacial score (nSPS) is 15.6. The predicted octanol–water partition coefficient (Wildman–Crippen LogP) is 4.88. The Morgan fingerprint density at radius 1 is 1.05 bits per heavy atom. The van der Waals surface area contributed by atoms with Crippen molar-refractivity contribution in [2.75, 3.05) is 12.4 Å². The molecule has 0 amide bonds. The summed E-state index contributed by atoms with van der Waals surface area (Å²) in [6.45, 7) is 4.22. The van der Waals surface area contributed by atoms with Gasteiger partial charge in [0.05, 0.1) is 13.2 Å². The molecule has 21 heavy (non-hydrogen) atoms. The number of hydrogen-bond donors (Lipinski definition) is 1. The summed E-state index contributed by atoms with van der Waals surface area (Å²) in [6.07, 6.45) is 2.63. The molecule has 0 spiro atoms. The maximum Gasteiger partial charge on any atom is 0.126 e. The lowest BCUT2D eigenvalue weighted by Gasteiger charge is -2.23. The van der Waals surface area contributed by atoms with Gasteiger partial charge in [-0.25, -0.2) is 0 Å². The van der Waals surface area contributed by atoms with Crippen molar-refractivity contribution >= 4 is 5.69 Å². The van der Waals surface area contributed by atoms with Crippen LogP contribution in [0.1, 0.15) is 35.6 Å². The van der Waals surface area contributed by atoms with E-state index < -0.39 is 0 Å². The minimum atomic E-state index is 0.400. The molecule has 1 aliphatic carbocycles. The topological polar surface area (TPSA) is 21.3 Å². The molecule has 2 nitrogen and oxygen atoms in total. The quantitative estimate of drug-likeness (QED) is 0.843. The van der Waals surface area contributed by atoms with Crippen LogP contribution in [0.5, 0.6) is 5.75 Å². The third-order valence-electron chi connectivity index (χ3n) is 4.37. The van der Waals surface area contributed by atoms with Crippen LogP contribution >= 0.6 is 0 Å². The highest BCUT2D eigenvalue weighted by Crippen LogP contribution is 2.43. The van der Waals surface area contributed by atoms with Gasteiger partial charge in [-0.3, -0.25) is 0 Å². The second-order valence-electron chi connectivity index (χ2n) is 5.96. The van der Waals surface area contributed by atoms with Crippen LogP contribution in [-0.4, -0.2) is 7.11 Å². The van der Waals surface area contributed by atoms with Crippen molar-refractivity contribution in [3.05, 3.63) is 59.2 Å². The fourth-order valence-electron chi connectivity index (χ4n) is 3.03. The summed E-state index contributed by atoms with van der Waals surface area (Å²) < 4.78 is 5.54. The molecular formula is C19H23NO. The molecule has 0 saturated heterocycles. The van der Waals surface area contributed by atoms with E-state index >= 15 is 0 Å². The first kappa shape index (κ1) is 14.0. The number of rotatable bonds is 5. The molecule has 0 bridgehead atoms. The first-order valence-electron chi connectivity index (χ1n) is 7.66. The molecule has 2 heteroatoms. The molecule has 1 fully saturated rings. The summed E-state index contributed by atoms with van der Waals surface area (Å²) in [5, 5.41) is 3.75. The number of anilines is 1. The Kier molecular flexibility index (Phi) is 3.87. The first-order chi connectivity index (χ1) is 10.2. The minimum Gasteiger partial charge on any atom is -0.496 e. The molecule has 1 N–H and O–H groups in total. The SMILES string of the molecule is COc1c(C)ccc(NC(c2ccccc2)C2CC2)c1C. The van der Waals surface area contributed by atoms with E-state index in [-0.39, 0.29) is 0 Å². The van der Waals surface area contributed by atoms with Gasteiger partial charge in [0, 0.05) is 11.3 Å². The Bertz CT molecular complexity index is 617. The lowest BCUT2D eigenvalue weighted by atomic mass is 10.0. The smallest absolute Gasteiger partial charge is 0.126 e. The molecule has 1 saturated carbocycles. The van der Waals surface area contributed by atoms with Gasteiger partial charge in [-0.15, -0.1) is 0 Å². The molecular weight excluding hydrogens is 258 g/mol. The Hall–Kier alpha value is -1.96. The Balaban J connectivity index is 1.91. The molecule has 0 aromatic heterocycles. The molecule has 2 aromatic rings. The average molecular weight is 281 g/mol. The zero-order chi connectivity index (χ0) is 14.8. The van der Waals surface area contributed by atoms with E-state index in [4.69, 9.17) is 4.74 Å². The van der Waals surface area contributed by atoms with Crippen LogP contribution in [0, 0.1) is 19.8 Å².